The Balaban J connectivity index is 1.89. The lowest BCUT2D eigenvalue weighted by atomic mass is 10.1. The van der Waals surface area contributed by atoms with E-state index in [0.29, 0.717) is 0 Å². The van der Waals surface area contributed by atoms with E-state index in [4.69, 9.17) is 0 Å². The second-order valence-electron chi connectivity index (χ2n) is 5.22. The van der Waals surface area contributed by atoms with E-state index in [1.54, 1.807) is 0 Å². The Morgan fingerprint density at radius 1 is 0.905 bits per heavy atom. The van der Waals surface area contributed by atoms with Gasteiger partial charge in [-0.1, -0.05) is 30.3 Å². The number of hydrogen-bond donors (Lipinski definition) is 0. The number of aryl methyl sites for hydroxylation is 1. The fourth-order valence-corrected chi connectivity index (χ4v) is 2.86. The van der Waals surface area contributed by atoms with Gasteiger partial charge in [0.1, 0.15) is 5.82 Å². The predicted octanol–water partition coefficient (Wildman–Crippen LogP) is 3.94. The van der Waals surface area contributed by atoms with Gasteiger partial charge in [0.25, 0.3) is 0 Å². The summed E-state index contributed by atoms with van der Waals surface area (Å²) >= 11 is 0. The van der Waals surface area contributed by atoms with Crippen molar-refractivity contribution in [2.45, 2.75) is 13.5 Å². The van der Waals surface area contributed by atoms with Crippen molar-refractivity contribution in [3.8, 4) is 0 Å². The normalized spacial score (nSPS) is 11.3. The molecule has 0 fully saturated rings. The van der Waals surface area contributed by atoms with Gasteiger partial charge >= 0.3 is 0 Å². The van der Waals surface area contributed by atoms with Crippen LogP contribution in [0.15, 0.2) is 60.8 Å². The van der Waals surface area contributed by atoms with Gasteiger partial charge in [-0.15, -0.1) is 0 Å². The van der Waals surface area contributed by atoms with Crippen LogP contribution in [0, 0.1) is 6.92 Å². The van der Waals surface area contributed by atoms with E-state index in [1.165, 1.54) is 16.5 Å². The van der Waals surface area contributed by atoms with Gasteiger partial charge in [0.05, 0.1) is 23.1 Å². The smallest absolute Gasteiger partial charge is 0.107 e. The summed E-state index contributed by atoms with van der Waals surface area (Å²) in [6.45, 7) is 2.87. The SMILES string of the molecule is Cc1nc2ccccc2n1Cc1ccnc2ccccc12. The lowest BCUT2D eigenvalue weighted by Gasteiger charge is -2.09. The Bertz CT molecular complexity index is 932. The quantitative estimate of drug-likeness (QED) is 0.554. The van der Waals surface area contributed by atoms with Crippen LogP contribution in [-0.4, -0.2) is 14.5 Å². The van der Waals surface area contributed by atoms with Gasteiger partial charge in [0.15, 0.2) is 0 Å². The third kappa shape index (κ3) is 1.98. The third-order valence-corrected chi connectivity index (χ3v) is 3.91. The number of imidazole rings is 1. The maximum atomic E-state index is 4.64. The standard InChI is InChI=1S/C18H15N3/c1-13-20-17-8-4-5-9-18(17)21(13)12-14-10-11-19-16-7-3-2-6-15(14)16/h2-11H,12H2,1H3. The molecule has 21 heavy (non-hydrogen) atoms. The first-order valence-electron chi connectivity index (χ1n) is 7.07. The molecule has 4 rings (SSSR count). The van der Waals surface area contributed by atoms with Crippen LogP contribution in [0.5, 0.6) is 0 Å². The Morgan fingerprint density at radius 3 is 2.57 bits per heavy atom. The summed E-state index contributed by atoms with van der Waals surface area (Å²) in [7, 11) is 0. The molecule has 2 aromatic heterocycles. The summed E-state index contributed by atoms with van der Waals surface area (Å²) < 4.78 is 2.26. The molecule has 0 saturated heterocycles. The molecular formula is C18H15N3. The van der Waals surface area contributed by atoms with Gasteiger partial charge in [-0.3, -0.25) is 4.98 Å². The number of rotatable bonds is 2. The molecule has 0 spiro atoms. The zero-order valence-corrected chi connectivity index (χ0v) is 11.8. The Morgan fingerprint density at radius 2 is 1.67 bits per heavy atom. The molecular weight excluding hydrogens is 258 g/mol. The van der Waals surface area contributed by atoms with Gasteiger partial charge in [-0.25, -0.2) is 4.98 Å². The van der Waals surface area contributed by atoms with Crippen LogP contribution in [0.4, 0.5) is 0 Å². The summed E-state index contributed by atoms with van der Waals surface area (Å²) in [5, 5.41) is 1.21. The van der Waals surface area contributed by atoms with Crippen molar-refractivity contribution < 1.29 is 0 Å². The van der Waals surface area contributed by atoms with Gasteiger partial charge in [-0.2, -0.15) is 0 Å². The van der Waals surface area contributed by atoms with E-state index in [1.807, 2.05) is 18.3 Å². The van der Waals surface area contributed by atoms with Gasteiger partial charge in [-0.05, 0) is 36.8 Å². The van der Waals surface area contributed by atoms with Crippen molar-refractivity contribution in [3.05, 3.63) is 72.2 Å². The van der Waals surface area contributed by atoms with E-state index in [2.05, 4.69) is 63.9 Å². The molecule has 4 aromatic rings. The molecule has 0 atom stereocenters. The molecule has 2 heterocycles. The van der Waals surface area contributed by atoms with Crippen LogP contribution in [-0.2, 0) is 6.54 Å². The summed E-state index contributed by atoms with van der Waals surface area (Å²) in [5.41, 5.74) is 4.54. The molecule has 0 N–H and O–H groups in total. The van der Waals surface area contributed by atoms with Crippen molar-refractivity contribution in [3.63, 3.8) is 0 Å². The van der Waals surface area contributed by atoms with E-state index in [9.17, 15) is 0 Å². The van der Waals surface area contributed by atoms with E-state index in [0.717, 1.165) is 23.4 Å². The van der Waals surface area contributed by atoms with Crippen LogP contribution < -0.4 is 0 Å². The molecule has 0 bridgehead atoms. The first kappa shape index (κ1) is 12.1. The first-order chi connectivity index (χ1) is 10.3. The van der Waals surface area contributed by atoms with Crippen LogP contribution in [0.1, 0.15) is 11.4 Å². The summed E-state index contributed by atoms with van der Waals surface area (Å²) in [6.07, 6.45) is 1.88. The van der Waals surface area contributed by atoms with Gasteiger partial charge < -0.3 is 4.57 Å². The van der Waals surface area contributed by atoms with Crippen molar-refractivity contribution in [1.29, 1.82) is 0 Å². The van der Waals surface area contributed by atoms with Crippen molar-refractivity contribution >= 4 is 21.9 Å². The predicted molar refractivity (Wildman–Crippen MR) is 85.3 cm³/mol. The molecule has 2 aromatic carbocycles. The lowest BCUT2D eigenvalue weighted by molar-refractivity contribution is 0.790. The van der Waals surface area contributed by atoms with Gasteiger partial charge in [0, 0.05) is 11.6 Å². The highest BCUT2D eigenvalue weighted by Gasteiger charge is 2.09. The first-order valence-corrected chi connectivity index (χ1v) is 7.07. The average molecular weight is 273 g/mol. The summed E-state index contributed by atoms with van der Waals surface area (Å²) in [5.74, 6) is 1.04. The van der Waals surface area contributed by atoms with Crippen LogP contribution >= 0.6 is 0 Å². The highest BCUT2D eigenvalue weighted by molar-refractivity contribution is 5.82. The second kappa shape index (κ2) is 4.70. The van der Waals surface area contributed by atoms with E-state index in [-0.39, 0.29) is 0 Å². The molecule has 0 radical (unpaired) electrons. The molecule has 3 heteroatoms. The van der Waals surface area contributed by atoms with E-state index < -0.39 is 0 Å². The van der Waals surface area contributed by atoms with E-state index >= 15 is 0 Å². The lowest BCUT2D eigenvalue weighted by Crippen LogP contribution is -2.02. The highest BCUT2D eigenvalue weighted by Crippen LogP contribution is 2.21. The fourth-order valence-electron chi connectivity index (χ4n) is 2.86. The minimum Gasteiger partial charge on any atom is -0.324 e. The van der Waals surface area contributed by atoms with Crippen LogP contribution in [0.25, 0.3) is 21.9 Å². The number of nitrogens with zero attached hydrogens (tertiary/aromatic N) is 3. The summed E-state index contributed by atoms with van der Waals surface area (Å²) in [4.78, 5) is 9.07. The maximum Gasteiger partial charge on any atom is 0.107 e. The zero-order chi connectivity index (χ0) is 14.2. The number of aromatic nitrogens is 3. The molecule has 0 unspecified atom stereocenters. The number of hydrogen-bond acceptors (Lipinski definition) is 2. The topological polar surface area (TPSA) is 30.7 Å². The second-order valence-corrected chi connectivity index (χ2v) is 5.22. The highest BCUT2D eigenvalue weighted by atomic mass is 15.1. The molecule has 0 saturated carbocycles. The van der Waals surface area contributed by atoms with Crippen molar-refractivity contribution in [1.82, 2.24) is 14.5 Å². The minimum atomic E-state index is 0.815. The molecule has 102 valence electrons. The van der Waals surface area contributed by atoms with Gasteiger partial charge in [0.2, 0.25) is 0 Å². The Labute approximate surface area is 122 Å². The summed E-state index contributed by atoms with van der Waals surface area (Å²) in [6, 6.07) is 18.6. The minimum absolute atomic E-state index is 0.815. The van der Waals surface area contributed by atoms with Crippen LogP contribution in [0.3, 0.4) is 0 Å². The zero-order valence-electron chi connectivity index (χ0n) is 11.8. The molecule has 0 aliphatic rings. The number of pyridine rings is 1. The number of para-hydroxylation sites is 3. The third-order valence-electron chi connectivity index (χ3n) is 3.91. The Hall–Kier alpha value is -2.68. The maximum absolute atomic E-state index is 4.64. The number of fused-ring (bicyclic) bond motifs is 2. The van der Waals surface area contributed by atoms with Crippen molar-refractivity contribution in [2.75, 3.05) is 0 Å². The monoisotopic (exact) mass is 273 g/mol. The molecule has 0 amide bonds. The molecule has 3 nitrogen and oxygen atoms in total. The fraction of sp³-hybridized carbons (Fsp3) is 0.111. The van der Waals surface area contributed by atoms with Crippen molar-refractivity contribution in [2.24, 2.45) is 0 Å². The number of benzene rings is 2. The van der Waals surface area contributed by atoms with Crippen LogP contribution in [0.2, 0.25) is 0 Å². The molecule has 0 aliphatic heterocycles. The largest absolute Gasteiger partial charge is 0.324 e. The molecule has 0 aliphatic carbocycles. The Kier molecular flexibility index (Phi) is 2.71. The average Bonchev–Trinajstić information content (AvgIpc) is 2.84.